The van der Waals surface area contributed by atoms with Crippen LogP contribution in [0.2, 0.25) is 0 Å². The van der Waals surface area contributed by atoms with Crippen LogP contribution in [0.4, 0.5) is 0 Å². The topological polar surface area (TPSA) is 55.6 Å². The average molecular weight is 364 g/mol. The van der Waals surface area contributed by atoms with Crippen LogP contribution in [0.15, 0.2) is 28.7 Å². The van der Waals surface area contributed by atoms with Crippen molar-refractivity contribution in [3.63, 3.8) is 0 Å². The molecular weight excluding hydrogens is 344 g/mol. The number of nitrogens with two attached hydrogens (primary N) is 1. The van der Waals surface area contributed by atoms with E-state index in [0.717, 1.165) is 30.4 Å². The molecule has 0 aromatic heterocycles. The van der Waals surface area contributed by atoms with Crippen LogP contribution in [0.5, 0.6) is 5.75 Å². The van der Waals surface area contributed by atoms with Gasteiger partial charge in [-0.3, -0.25) is 4.79 Å². The van der Waals surface area contributed by atoms with Crippen molar-refractivity contribution in [1.29, 1.82) is 0 Å². The summed E-state index contributed by atoms with van der Waals surface area (Å²) in [6, 6.07) is 7.71. The van der Waals surface area contributed by atoms with Crippen molar-refractivity contribution >= 4 is 34.2 Å². The quantitative estimate of drug-likeness (QED) is 0.898. The number of hydrogen-bond donors (Lipinski definition) is 1. The second kappa shape index (κ2) is 7.86. The normalized spacial score (nSPS) is 17.2. The smallest absolute Gasteiger partial charge is 0.263 e. The molecule has 1 aliphatic rings. The number of carbonyl (C=O) groups is 1. The number of nitrogens with zero attached hydrogens (tertiary/aromatic N) is 1. The van der Waals surface area contributed by atoms with E-state index in [-0.39, 0.29) is 24.4 Å². The summed E-state index contributed by atoms with van der Waals surface area (Å²) in [5.74, 6) is 0.743. The Morgan fingerprint density at radius 2 is 1.90 bits per heavy atom. The minimum absolute atomic E-state index is 0. The van der Waals surface area contributed by atoms with Gasteiger partial charge in [0.15, 0.2) is 6.10 Å². The third-order valence-corrected chi connectivity index (χ3v) is 3.85. The van der Waals surface area contributed by atoms with Gasteiger partial charge in [-0.2, -0.15) is 0 Å². The molecular formula is C14H20BrClN2O2. The standard InChI is InChI=1S/C14H19BrN2O2.ClH/c1-10(19-13-4-2-11(15)3-5-13)14(18)17-8-6-12(16)7-9-17;/h2-5,10,12H,6-9,16H2,1H3;1H. The first-order valence-electron chi connectivity index (χ1n) is 6.53. The summed E-state index contributed by atoms with van der Waals surface area (Å²) in [7, 11) is 0. The lowest BCUT2D eigenvalue weighted by Crippen LogP contribution is -2.47. The Bertz CT molecular complexity index is 433. The van der Waals surface area contributed by atoms with E-state index < -0.39 is 6.10 Å². The fourth-order valence-corrected chi connectivity index (χ4v) is 2.41. The van der Waals surface area contributed by atoms with Crippen LogP contribution in [0.1, 0.15) is 19.8 Å². The van der Waals surface area contributed by atoms with E-state index in [2.05, 4.69) is 15.9 Å². The first kappa shape index (κ1) is 17.3. The zero-order chi connectivity index (χ0) is 13.8. The number of rotatable bonds is 3. The molecule has 0 radical (unpaired) electrons. The molecule has 2 rings (SSSR count). The summed E-state index contributed by atoms with van der Waals surface area (Å²) < 4.78 is 6.66. The first-order chi connectivity index (χ1) is 9.06. The van der Waals surface area contributed by atoms with Crippen molar-refractivity contribution in [2.45, 2.75) is 31.9 Å². The molecule has 1 heterocycles. The zero-order valence-electron chi connectivity index (χ0n) is 11.4. The summed E-state index contributed by atoms with van der Waals surface area (Å²) in [5, 5.41) is 0. The Labute approximate surface area is 134 Å². The van der Waals surface area contributed by atoms with Crippen LogP contribution in [0.3, 0.4) is 0 Å². The van der Waals surface area contributed by atoms with Gasteiger partial charge in [-0.25, -0.2) is 0 Å². The maximum Gasteiger partial charge on any atom is 0.263 e. The monoisotopic (exact) mass is 362 g/mol. The lowest BCUT2D eigenvalue weighted by molar-refractivity contribution is -0.139. The third kappa shape index (κ3) is 4.65. The molecule has 1 amide bonds. The van der Waals surface area contributed by atoms with Crippen molar-refractivity contribution in [3.8, 4) is 5.75 Å². The SMILES string of the molecule is CC(Oc1ccc(Br)cc1)C(=O)N1CCC(N)CC1.Cl. The van der Waals surface area contributed by atoms with Crippen LogP contribution in [0.25, 0.3) is 0 Å². The van der Waals surface area contributed by atoms with Gasteiger partial charge in [0, 0.05) is 23.6 Å². The Morgan fingerprint density at radius 3 is 2.45 bits per heavy atom. The molecule has 6 heteroatoms. The predicted octanol–water partition coefficient (Wildman–Crippen LogP) is 2.59. The highest BCUT2D eigenvalue weighted by atomic mass is 79.9. The van der Waals surface area contributed by atoms with Gasteiger partial charge in [0.05, 0.1) is 0 Å². The number of carbonyl (C=O) groups excluding carboxylic acids is 1. The Kier molecular flexibility index (Phi) is 6.79. The van der Waals surface area contributed by atoms with Gasteiger partial charge in [-0.05, 0) is 44.0 Å². The lowest BCUT2D eigenvalue weighted by atomic mass is 10.1. The maximum atomic E-state index is 12.2. The van der Waals surface area contributed by atoms with Crippen molar-refractivity contribution < 1.29 is 9.53 Å². The molecule has 1 aromatic rings. The second-order valence-corrected chi connectivity index (χ2v) is 5.79. The lowest BCUT2D eigenvalue weighted by Gasteiger charge is -2.32. The minimum atomic E-state index is -0.463. The van der Waals surface area contributed by atoms with Crippen molar-refractivity contribution in [1.82, 2.24) is 4.90 Å². The van der Waals surface area contributed by atoms with Gasteiger partial charge in [0.25, 0.3) is 5.91 Å². The summed E-state index contributed by atoms with van der Waals surface area (Å²) in [6.07, 6.45) is 1.28. The highest BCUT2D eigenvalue weighted by Gasteiger charge is 2.25. The molecule has 0 spiro atoms. The molecule has 0 bridgehead atoms. The molecule has 2 N–H and O–H groups in total. The van der Waals surface area contributed by atoms with Gasteiger partial charge in [0.1, 0.15) is 5.75 Å². The molecule has 0 saturated carbocycles. The van der Waals surface area contributed by atoms with E-state index in [9.17, 15) is 4.79 Å². The highest BCUT2D eigenvalue weighted by Crippen LogP contribution is 2.18. The van der Waals surface area contributed by atoms with Gasteiger partial charge in [0.2, 0.25) is 0 Å². The van der Waals surface area contributed by atoms with Crippen LogP contribution in [-0.2, 0) is 4.79 Å². The van der Waals surface area contributed by atoms with E-state index >= 15 is 0 Å². The molecule has 1 saturated heterocycles. The molecule has 1 aromatic carbocycles. The van der Waals surface area contributed by atoms with Gasteiger partial charge in [-0.15, -0.1) is 12.4 Å². The van der Waals surface area contributed by atoms with Crippen LogP contribution >= 0.6 is 28.3 Å². The van der Waals surface area contributed by atoms with Gasteiger partial charge < -0.3 is 15.4 Å². The van der Waals surface area contributed by atoms with Crippen molar-refractivity contribution in [3.05, 3.63) is 28.7 Å². The summed E-state index contributed by atoms with van der Waals surface area (Å²) >= 11 is 3.37. The number of benzene rings is 1. The maximum absolute atomic E-state index is 12.2. The van der Waals surface area contributed by atoms with E-state index in [1.165, 1.54) is 0 Å². The first-order valence-corrected chi connectivity index (χ1v) is 7.32. The summed E-state index contributed by atoms with van der Waals surface area (Å²) in [4.78, 5) is 14.1. The van der Waals surface area contributed by atoms with E-state index in [1.54, 1.807) is 6.92 Å². The van der Waals surface area contributed by atoms with Crippen LogP contribution < -0.4 is 10.5 Å². The number of halogens is 2. The number of amides is 1. The summed E-state index contributed by atoms with van der Waals surface area (Å²) in [5.41, 5.74) is 5.84. The Hall–Kier alpha value is -0.780. The van der Waals surface area contributed by atoms with Gasteiger partial charge >= 0.3 is 0 Å². The zero-order valence-corrected chi connectivity index (χ0v) is 13.8. The molecule has 1 aliphatic heterocycles. The van der Waals surface area contributed by atoms with Crippen LogP contribution in [0, 0.1) is 0 Å². The van der Waals surface area contributed by atoms with E-state index in [4.69, 9.17) is 10.5 Å². The van der Waals surface area contributed by atoms with Gasteiger partial charge in [-0.1, -0.05) is 15.9 Å². The minimum Gasteiger partial charge on any atom is -0.481 e. The third-order valence-electron chi connectivity index (χ3n) is 3.33. The molecule has 0 aliphatic carbocycles. The van der Waals surface area contributed by atoms with E-state index in [1.807, 2.05) is 29.2 Å². The number of likely N-dealkylation sites (tertiary alicyclic amines) is 1. The molecule has 1 atom stereocenters. The molecule has 1 fully saturated rings. The molecule has 112 valence electrons. The number of piperidine rings is 1. The largest absolute Gasteiger partial charge is 0.481 e. The van der Waals surface area contributed by atoms with E-state index in [0.29, 0.717) is 5.75 Å². The number of ether oxygens (including phenoxy) is 1. The summed E-state index contributed by atoms with van der Waals surface area (Å²) in [6.45, 7) is 3.25. The molecule has 1 unspecified atom stereocenters. The van der Waals surface area contributed by atoms with Crippen LogP contribution in [-0.4, -0.2) is 36.0 Å². The number of hydrogen-bond acceptors (Lipinski definition) is 3. The fraction of sp³-hybridized carbons (Fsp3) is 0.500. The molecule has 20 heavy (non-hydrogen) atoms. The average Bonchev–Trinajstić information content (AvgIpc) is 2.41. The molecule has 4 nitrogen and oxygen atoms in total. The van der Waals surface area contributed by atoms with Crippen molar-refractivity contribution in [2.75, 3.05) is 13.1 Å². The van der Waals surface area contributed by atoms with Crippen molar-refractivity contribution in [2.24, 2.45) is 5.73 Å². The highest BCUT2D eigenvalue weighted by molar-refractivity contribution is 9.10. The fourth-order valence-electron chi connectivity index (χ4n) is 2.14. The predicted molar refractivity (Wildman–Crippen MR) is 85.3 cm³/mol. The Morgan fingerprint density at radius 1 is 1.35 bits per heavy atom. The second-order valence-electron chi connectivity index (χ2n) is 4.88. The Balaban J connectivity index is 0.00000200.